The minimum atomic E-state index is -0.161. The predicted octanol–water partition coefficient (Wildman–Crippen LogP) is 3.83. The summed E-state index contributed by atoms with van der Waals surface area (Å²) in [7, 11) is 0. The first-order valence-electron chi connectivity index (χ1n) is 9.27. The normalized spacial score (nSPS) is 18.5. The molecule has 2 aromatic carbocycles. The fourth-order valence-electron chi connectivity index (χ4n) is 3.19. The smallest absolute Gasteiger partial charge is 0.238 e. The van der Waals surface area contributed by atoms with Crippen molar-refractivity contribution in [3.8, 4) is 11.5 Å². The first-order valence-corrected chi connectivity index (χ1v) is 10.3. The molecule has 1 fully saturated rings. The summed E-state index contributed by atoms with van der Waals surface area (Å²) >= 11 is 1.57. The molecule has 2 heterocycles. The summed E-state index contributed by atoms with van der Waals surface area (Å²) in [6.45, 7) is 4.74. The zero-order valence-electron chi connectivity index (χ0n) is 15.8. The Labute approximate surface area is 168 Å². The third-order valence-electron chi connectivity index (χ3n) is 4.64. The van der Waals surface area contributed by atoms with Gasteiger partial charge < -0.3 is 14.8 Å². The van der Waals surface area contributed by atoms with E-state index < -0.39 is 0 Å². The van der Waals surface area contributed by atoms with Crippen molar-refractivity contribution in [3.05, 3.63) is 48.0 Å². The van der Waals surface area contributed by atoms with E-state index in [1.807, 2.05) is 56.3 Å². The van der Waals surface area contributed by atoms with Gasteiger partial charge in [0.15, 0.2) is 11.5 Å². The molecule has 1 atom stereocenters. The summed E-state index contributed by atoms with van der Waals surface area (Å²) in [6.07, 6.45) is 0. The monoisotopic (exact) mass is 398 g/mol. The summed E-state index contributed by atoms with van der Waals surface area (Å²) in [5.74, 6) is 1.68. The molecule has 0 saturated carbocycles. The molecule has 4 rings (SSSR count). The van der Waals surface area contributed by atoms with Crippen LogP contribution in [-0.4, -0.2) is 30.8 Å². The van der Waals surface area contributed by atoms with Crippen LogP contribution in [-0.2, 0) is 9.59 Å². The number of nitrogens with one attached hydrogen (secondary N) is 1. The highest BCUT2D eigenvalue weighted by Crippen LogP contribution is 2.44. The van der Waals surface area contributed by atoms with Gasteiger partial charge in [-0.05, 0) is 29.8 Å². The average molecular weight is 398 g/mol. The fourth-order valence-corrected chi connectivity index (χ4v) is 4.36. The van der Waals surface area contributed by atoms with Crippen molar-refractivity contribution >= 4 is 35.0 Å². The third-order valence-corrected chi connectivity index (χ3v) is 5.85. The zero-order valence-corrected chi connectivity index (χ0v) is 16.6. The van der Waals surface area contributed by atoms with Gasteiger partial charge in [0.25, 0.3) is 0 Å². The van der Waals surface area contributed by atoms with Crippen LogP contribution < -0.4 is 19.7 Å². The standard InChI is InChI=1S/C21H22N2O4S/c1-13(2)20(25)22-15-5-3-4-14(10-15)21-23(19(24)12-28-21)16-6-7-17-18(11-16)27-9-8-26-17/h3-7,10-11,13,21H,8-9,12H2,1-2H3,(H,22,25)/t21-/m1/s1. The maximum absolute atomic E-state index is 12.6. The fraction of sp³-hybridized carbons (Fsp3) is 0.333. The van der Waals surface area contributed by atoms with Gasteiger partial charge in [-0.15, -0.1) is 11.8 Å². The Kier molecular flexibility index (Phi) is 5.17. The van der Waals surface area contributed by atoms with E-state index in [4.69, 9.17) is 9.47 Å². The van der Waals surface area contributed by atoms with Crippen LogP contribution in [0.3, 0.4) is 0 Å². The lowest BCUT2D eigenvalue weighted by Crippen LogP contribution is -2.28. The largest absolute Gasteiger partial charge is 0.486 e. The Bertz CT molecular complexity index is 915. The second kappa shape index (κ2) is 7.75. The molecular formula is C21H22N2O4S. The molecule has 1 saturated heterocycles. The highest BCUT2D eigenvalue weighted by Gasteiger charge is 2.35. The molecule has 2 aromatic rings. The molecule has 146 valence electrons. The molecule has 2 aliphatic heterocycles. The van der Waals surface area contributed by atoms with Crippen LogP contribution in [0.1, 0.15) is 24.8 Å². The van der Waals surface area contributed by atoms with Crippen LogP contribution in [0.4, 0.5) is 11.4 Å². The minimum absolute atomic E-state index is 0.0315. The van der Waals surface area contributed by atoms with E-state index in [9.17, 15) is 9.59 Å². The SMILES string of the molecule is CC(C)C(=O)Nc1cccc([C@H]2SCC(=O)N2c2ccc3c(c2)OCCO3)c1. The van der Waals surface area contributed by atoms with Gasteiger partial charge in [-0.1, -0.05) is 26.0 Å². The maximum Gasteiger partial charge on any atom is 0.238 e. The molecule has 2 amide bonds. The molecule has 1 N–H and O–H groups in total. The van der Waals surface area contributed by atoms with Gasteiger partial charge in [-0.2, -0.15) is 0 Å². The quantitative estimate of drug-likeness (QED) is 0.848. The molecule has 7 heteroatoms. The molecule has 0 aliphatic carbocycles. The molecular weight excluding hydrogens is 376 g/mol. The lowest BCUT2D eigenvalue weighted by molar-refractivity contribution is -0.119. The highest BCUT2D eigenvalue weighted by atomic mass is 32.2. The zero-order chi connectivity index (χ0) is 19.7. The van der Waals surface area contributed by atoms with E-state index in [0.717, 1.165) is 16.9 Å². The Morgan fingerprint density at radius 2 is 1.93 bits per heavy atom. The van der Waals surface area contributed by atoms with Gasteiger partial charge >= 0.3 is 0 Å². The molecule has 28 heavy (non-hydrogen) atoms. The number of hydrogen-bond acceptors (Lipinski definition) is 5. The van der Waals surface area contributed by atoms with Gasteiger partial charge in [0.05, 0.1) is 5.75 Å². The van der Waals surface area contributed by atoms with Crippen molar-refractivity contribution in [2.75, 3.05) is 29.2 Å². The lowest BCUT2D eigenvalue weighted by Gasteiger charge is -2.26. The number of hydrogen-bond donors (Lipinski definition) is 1. The van der Waals surface area contributed by atoms with Crippen molar-refractivity contribution < 1.29 is 19.1 Å². The predicted molar refractivity (Wildman–Crippen MR) is 110 cm³/mol. The summed E-state index contributed by atoms with van der Waals surface area (Å²) in [4.78, 5) is 26.4. The average Bonchev–Trinajstić information content (AvgIpc) is 3.09. The summed E-state index contributed by atoms with van der Waals surface area (Å²) in [5, 5.41) is 2.76. The molecule has 0 radical (unpaired) electrons. The number of benzene rings is 2. The second-order valence-electron chi connectivity index (χ2n) is 7.02. The van der Waals surface area contributed by atoms with E-state index in [2.05, 4.69) is 5.32 Å². The Morgan fingerprint density at radius 1 is 1.14 bits per heavy atom. The maximum atomic E-state index is 12.6. The molecule has 0 bridgehead atoms. The number of carbonyl (C=O) groups excluding carboxylic acids is 2. The Balaban J connectivity index is 1.62. The molecule has 2 aliphatic rings. The number of ether oxygens (including phenoxy) is 2. The minimum Gasteiger partial charge on any atom is -0.486 e. The van der Waals surface area contributed by atoms with E-state index >= 15 is 0 Å². The number of thioether (sulfide) groups is 1. The Morgan fingerprint density at radius 3 is 2.71 bits per heavy atom. The first kappa shape index (κ1) is 18.7. The van der Waals surface area contributed by atoms with Crippen molar-refractivity contribution in [1.82, 2.24) is 0 Å². The van der Waals surface area contributed by atoms with Crippen molar-refractivity contribution in [3.63, 3.8) is 0 Å². The number of amides is 2. The number of rotatable bonds is 4. The molecule has 0 spiro atoms. The molecule has 6 nitrogen and oxygen atoms in total. The Hall–Kier alpha value is -2.67. The van der Waals surface area contributed by atoms with Crippen molar-refractivity contribution in [1.29, 1.82) is 0 Å². The van der Waals surface area contributed by atoms with E-state index in [-0.39, 0.29) is 23.1 Å². The van der Waals surface area contributed by atoms with Gasteiger partial charge in [-0.3, -0.25) is 14.5 Å². The second-order valence-corrected chi connectivity index (χ2v) is 8.09. The molecule has 0 unspecified atom stereocenters. The highest BCUT2D eigenvalue weighted by molar-refractivity contribution is 8.00. The first-order chi connectivity index (χ1) is 13.5. The van der Waals surface area contributed by atoms with Crippen molar-refractivity contribution in [2.45, 2.75) is 19.2 Å². The number of fused-ring (bicyclic) bond motifs is 1. The number of carbonyl (C=O) groups is 2. The topological polar surface area (TPSA) is 67.9 Å². The van der Waals surface area contributed by atoms with Crippen LogP contribution >= 0.6 is 11.8 Å². The summed E-state index contributed by atoms with van der Waals surface area (Å²) in [6, 6.07) is 13.3. The summed E-state index contributed by atoms with van der Waals surface area (Å²) in [5.41, 5.74) is 2.48. The number of nitrogens with zero attached hydrogens (tertiary/aromatic N) is 1. The van der Waals surface area contributed by atoms with E-state index in [1.165, 1.54) is 0 Å². The van der Waals surface area contributed by atoms with Crippen LogP contribution in [0.15, 0.2) is 42.5 Å². The van der Waals surface area contributed by atoms with Gasteiger partial charge in [0.2, 0.25) is 11.8 Å². The van der Waals surface area contributed by atoms with Gasteiger partial charge in [-0.25, -0.2) is 0 Å². The van der Waals surface area contributed by atoms with Crippen molar-refractivity contribution in [2.24, 2.45) is 5.92 Å². The van der Waals surface area contributed by atoms with E-state index in [1.54, 1.807) is 16.7 Å². The van der Waals surface area contributed by atoms with Crippen LogP contribution in [0.5, 0.6) is 11.5 Å². The van der Waals surface area contributed by atoms with Crippen LogP contribution in [0.2, 0.25) is 0 Å². The number of anilines is 2. The van der Waals surface area contributed by atoms with Gasteiger partial charge in [0.1, 0.15) is 18.6 Å². The lowest BCUT2D eigenvalue weighted by atomic mass is 10.1. The summed E-state index contributed by atoms with van der Waals surface area (Å²) < 4.78 is 11.2. The van der Waals surface area contributed by atoms with Crippen LogP contribution in [0, 0.1) is 5.92 Å². The van der Waals surface area contributed by atoms with Gasteiger partial charge in [0, 0.05) is 23.4 Å². The third kappa shape index (κ3) is 3.67. The van der Waals surface area contributed by atoms with Crippen LogP contribution in [0.25, 0.3) is 0 Å². The van der Waals surface area contributed by atoms with E-state index in [0.29, 0.717) is 30.5 Å². The molecule has 0 aromatic heterocycles.